The van der Waals surface area contributed by atoms with Gasteiger partial charge in [0.15, 0.2) is 22.9 Å². The van der Waals surface area contributed by atoms with Gasteiger partial charge in [-0.2, -0.15) is 0 Å². The molecule has 222 valence electrons. The van der Waals surface area contributed by atoms with Crippen molar-refractivity contribution in [2.45, 2.75) is 46.8 Å². The van der Waals surface area contributed by atoms with E-state index in [9.17, 15) is 14.4 Å². The molecule has 0 N–H and O–H groups in total. The highest BCUT2D eigenvalue weighted by Gasteiger charge is 2.35. The third-order valence-electron chi connectivity index (χ3n) is 6.23. The van der Waals surface area contributed by atoms with Crippen LogP contribution in [0.3, 0.4) is 0 Å². The number of para-hydroxylation sites is 1. The maximum atomic E-state index is 14.0. The van der Waals surface area contributed by atoms with Crippen LogP contribution in [0.15, 0.2) is 63.5 Å². The Labute approximate surface area is 247 Å². The summed E-state index contributed by atoms with van der Waals surface area (Å²) in [6.07, 6.45) is 1.60. The number of carbonyl (C=O) groups excluding carboxylic acids is 2. The van der Waals surface area contributed by atoms with Crippen LogP contribution in [0, 0.1) is 0 Å². The molecule has 2 aromatic carbocycles. The molecular weight excluding hydrogens is 560 g/mol. The Morgan fingerprint density at radius 2 is 1.81 bits per heavy atom. The molecule has 11 heteroatoms. The third-order valence-corrected chi connectivity index (χ3v) is 7.21. The molecule has 0 amide bonds. The number of carbonyl (C=O) groups is 2. The van der Waals surface area contributed by atoms with Crippen molar-refractivity contribution in [2.75, 3.05) is 26.9 Å². The summed E-state index contributed by atoms with van der Waals surface area (Å²) in [5.41, 5.74) is 1.76. The van der Waals surface area contributed by atoms with E-state index >= 15 is 0 Å². The molecule has 3 aromatic rings. The first-order chi connectivity index (χ1) is 20.2. The number of allylic oxidation sites excluding steroid dienone is 1. The van der Waals surface area contributed by atoms with Crippen molar-refractivity contribution in [1.82, 2.24) is 4.57 Å². The second-order valence-corrected chi connectivity index (χ2v) is 10.5. The fourth-order valence-electron chi connectivity index (χ4n) is 4.50. The number of aromatic nitrogens is 1. The molecule has 0 spiro atoms. The predicted octanol–water partition coefficient (Wildman–Crippen LogP) is 3.54. The van der Waals surface area contributed by atoms with Crippen LogP contribution in [0.5, 0.6) is 17.2 Å². The van der Waals surface area contributed by atoms with E-state index in [1.54, 1.807) is 38.1 Å². The Morgan fingerprint density at radius 3 is 2.50 bits per heavy atom. The maximum Gasteiger partial charge on any atom is 0.343 e. The number of rotatable bonds is 11. The van der Waals surface area contributed by atoms with Crippen LogP contribution in [0.1, 0.15) is 51.8 Å². The van der Waals surface area contributed by atoms with Crippen LogP contribution < -0.4 is 29.1 Å². The maximum absolute atomic E-state index is 14.0. The average Bonchev–Trinajstić information content (AvgIpc) is 3.25. The lowest BCUT2D eigenvalue weighted by molar-refractivity contribution is -0.143. The van der Waals surface area contributed by atoms with Crippen molar-refractivity contribution in [1.29, 1.82) is 0 Å². The smallest absolute Gasteiger partial charge is 0.343 e. The molecule has 42 heavy (non-hydrogen) atoms. The van der Waals surface area contributed by atoms with E-state index < -0.39 is 18.0 Å². The number of ether oxygens (including phenoxy) is 5. The molecule has 4 rings (SSSR count). The summed E-state index contributed by atoms with van der Waals surface area (Å²) < 4.78 is 29.3. The molecule has 0 radical (unpaired) electrons. The molecule has 0 aliphatic carbocycles. The summed E-state index contributed by atoms with van der Waals surface area (Å²) in [6.45, 7) is 9.42. The fraction of sp³-hybridized carbons (Fsp3) is 0.355. The Kier molecular flexibility index (Phi) is 9.84. The molecule has 0 saturated heterocycles. The molecule has 1 atom stereocenters. The van der Waals surface area contributed by atoms with Crippen molar-refractivity contribution in [3.05, 3.63) is 84.5 Å². The van der Waals surface area contributed by atoms with Gasteiger partial charge in [-0.25, -0.2) is 14.6 Å². The van der Waals surface area contributed by atoms with Crippen molar-refractivity contribution >= 4 is 29.4 Å². The van der Waals surface area contributed by atoms with E-state index in [-0.39, 0.29) is 30.5 Å². The SMILES string of the molecule is CCOC(=O)C1=C(C)N=c2s/c(=C\c3ccc(OCC(=O)OC)c(OCC)c3)c(=O)n2[C@H]1c1ccccc1OC(C)C. The van der Waals surface area contributed by atoms with Crippen LogP contribution in [-0.2, 0) is 19.1 Å². The number of methoxy groups -OCH3 is 1. The Morgan fingerprint density at radius 1 is 1.05 bits per heavy atom. The van der Waals surface area contributed by atoms with E-state index in [1.807, 2.05) is 45.0 Å². The largest absolute Gasteiger partial charge is 0.491 e. The first-order valence-corrected chi connectivity index (χ1v) is 14.4. The molecule has 1 aromatic heterocycles. The van der Waals surface area contributed by atoms with Gasteiger partial charge in [0.2, 0.25) is 0 Å². The van der Waals surface area contributed by atoms with Crippen LogP contribution >= 0.6 is 11.3 Å². The zero-order chi connectivity index (χ0) is 30.4. The van der Waals surface area contributed by atoms with Crippen LogP contribution in [0.25, 0.3) is 6.08 Å². The van der Waals surface area contributed by atoms with Crippen LogP contribution in [0.4, 0.5) is 0 Å². The van der Waals surface area contributed by atoms with E-state index in [2.05, 4.69) is 9.73 Å². The van der Waals surface area contributed by atoms with Gasteiger partial charge in [-0.05, 0) is 64.5 Å². The van der Waals surface area contributed by atoms with Gasteiger partial charge in [0.1, 0.15) is 11.8 Å². The Hall–Kier alpha value is -4.38. The number of esters is 2. The molecule has 1 aliphatic heterocycles. The van der Waals surface area contributed by atoms with Crippen LogP contribution in [-0.4, -0.2) is 49.5 Å². The van der Waals surface area contributed by atoms with Gasteiger partial charge in [-0.3, -0.25) is 9.36 Å². The number of benzene rings is 2. The summed E-state index contributed by atoms with van der Waals surface area (Å²) >= 11 is 1.21. The zero-order valence-electron chi connectivity index (χ0n) is 24.5. The Balaban J connectivity index is 1.87. The number of hydrogen-bond donors (Lipinski definition) is 0. The average molecular weight is 595 g/mol. The number of thiazole rings is 1. The van der Waals surface area contributed by atoms with E-state index in [0.29, 0.717) is 50.0 Å². The first kappa shape index (κ1) is 30.6. The lowest BCUT2D eigenvalue weighted by Gasteiger charge is -2.26. The lowest BCUT2D eigenvalue weighted by Crippen LogP contribution is -2.40. The second-order valence-electron chi connectivity index (χ2n) is 9.51. The van der Waals surface area contributed by atoms with E-state index in [1.165, 1.54) is 23.0 Å². The summed E-state index contributed by atoms with van der Waals surface area (Å²) in [5.74, 6) is 0.294. The van der Waals surface area contributed by atoms with Gasteiger partial charge >= 0.3 is 11.9 Å². The minimum absolute atomic E-state index is 0.128. The van der Waals surface area contributed by atoms with Crippen molar-refractivity contribution in [3.8, 4) is 17.2 Å². The van der Waals surface area contributed by atoms with Crippen LogP contribution in [0.2, 0.25) is 0 Å². The highest BCUT2D eigenvalue weighted by molar-refractivity contribution is 7.07. The van der Waals surface area contributed by atoms with E-state index in [4.69, 9.17) is 18.9 Å². The summed E-state index contributed by atoms with van der Waals surface area (Å²) in [6, 6.07) is 11.7. The normalized spacial score (nSPS) is 14.7. The fourth-order valence-corrected chi connectivity index (χ4v) is 5.55. The standard InChI is InChI=1S/C31H34N2O8S/c1-7-38-24-15-20(13-14-23(24)40-17-26(34)37-6)16-25-29(35)33-28(21-11-9-10-12-22(21)41-18(3)4)27(30(36)39-8-2)19(5)32-31(33)42-25/h9-16,18,28H,7-8,17H2,1-6H3/b25-16-/t28-/m0/s1. The Bertz CT molecular complexity index is 1690. The third kappa shape index (κ3) is 6.57. The second kappa shape index (κ2) is 13.5. The molecule has 0 bridgehead atoms. The van der Waals surface area contributed by atoms with Gasteiger partial charge < -0.3 is 23.7 Å². The van der Waals surface area contributed by atoms with Crippen molar-refractivity contribution < 1.29 is 33.3 Å². The molecule has 1 aliphatic rings. The number of hydrogen-bond acceptors (Lipinski definition) is 10. The number of fused-ring (bicyclic) bond motifs is 1. The molecule has 10 nitrogen and oxygen atoms in total. The van der Waals surface area contributed by atoms with Gasteiger partial charge in [0, 0.05) is 5.56 Å². The van der Waals surface area contributed by atoms with Gasteiger partial charge in [0.25, 0.3) is 5.56 Å². The van der Waals surface area contributed by atoms with Gasteiger partial charge in [-0.1, -0.05) is 35.6 Å². The van der Waals surface area contributed by atoms with Crippen molar-refractivity contribution in [2.24, 2.45) is 4.99 Å². The summed E-state index contributed by atoms with van der Waals surface area (Å²) in [4.78, 5) is 43.9. The van der Waals surface area contributed by atoms with Gasteiger partial charge in [0.05, 0.1) is 42.2 Å². The van der Waals surface area contributed by atoms with Crippen molar-refractivity contribution in [3.63, 3.8) is 0 Å². The minimum Gasteiger partial charge on any atom is -0.491 e. The molecule has 0 saturated carbocycles. The first-order valence-electron chi connectivity index (χ1n) is 13.6. The quantitative estimate of drug-likeness (QED) is 0.310. The number of nitrogens with zero attached hydrogens (tertiary/aromatic N) is 2. The zero-order valence-corrected chi connectivity index (χ0v) is 25.3. The highest BCUT2D eigenvalue weighted by Crippen LogP contribution is 2.36. The highest BCUT2D eigenvalue weighted by atomic mass is 32.1. The lowest BCUT2D eigenvalue weighted by atomic mass is 9.95. The molecule has 0 unspecified atom stereocenters. The summed E-state index contributed by atoms with van der Waals surface area (Å²) in [5, 5.41) is 0. The molecular formula is C31H34N2O8S. The monoisotopic (exact) mass is 594 g/mol. The topological polar surface area (TPSA) is 115 Å². The summed E-state index contributed by atoms with van der Waals surface area (Å²) in [7, 11) is 1.28. The van der Waals surface area contributed by atoms with Gasteiger partial charge in [-0.15, -0.1) is 0 Å². The van der Waals surface area contributed by atoms with E-state index in [0.717, 1.165) is 0 Å². The minimum atomic E-state index is -0.800. The molecule has 0 fully saturated rings. The predicted molar refractivity (Wildman–Crippen MR) is 158 cm³/mol. The molecule has 2 heterocycles.